The van der Waals surface area contributed by atoms with Crippen LogP contribution in [0.4, 0.5) is 10.1 Å². The molecule has 2 heterocycles. The van der Waals surface area contributed by atoms with Crippen LogP contribution in [0.25, 0.3) is 0 Å². The van der Waals surface area contributed by atoms with Gasteiger partial charge in [-0.05, 0) is 24.6 Å². The Morgan fingerprint density at radius 3 is 2.51 bits per heavy atom. The summed E-state index contributed by atoms with van der Waals surface area (Å²) in [6.07, 6.45) is 0.274. The van der Waals surface area contributed by atoms with E-state index in [0.717, 1.165) is 5.56 Å². The number of nitrogens with one attached hydrogen (secondary N) is 3. The lowest BCUT2D eigenvalue weighted by Crippen LogP contribution is -2.39. The quantitative estimate of drug-likeness (QED) is 0.394. The minimum absolute atomic E-state index is 0.0952. The zero-order chi connectivity index (χ0) is 24.4. The molecule has 0 spiro atoms. The van der Waals surface area contributed by atoms with Gasteiger partial charge in [0.15, 0.2) is 11.5 Å². The molecule has 0 radical (unpaired) electrons. The summed E-state index contributed by atoms with van der Waals surface area (Å²) in [4.78, 5) is 24.9. The number of halogens is 1. The molecule has 9 heteroatoms. The van der Waals surface area contributed by atoms with Gasteiger partial charge in [0.1, 0.15) is 5.82 Å². The molecular weight excluding hydrogens is 451 g/mol. The molecule has 8 nitrogen and oxygen atoms in total. The van der Waals surface area contributed by atoms with Crippen LogP contribution in [0.5, 0.6) is 11.5 Å². The fourth-order valence-electron chi connectivity index (χ4n) is 4.15. The highest BCUT2D eigenvalue weighted by Gasteiger charge is 2.29. The highest BCUT2D eigenvalue weighted by molar-refractivity contribution is 6.35. The minimum atomic E-state index is -0.899. The van der Waals surface area contributed by atoms with Crippen molar-refractivity contribution in [1.29, 1.82) is 0 Å². The van der Waals surface area contributed by atoms with Crippen molar-refractivity contribution in [2.45, 2.75) is 25.4 Å². The molecule has 2 amide bonds. The molecule has 3 aromatic carbocycles. The smallest absolute Gasteiger partial charge is 0.329 e. The van der Waals surface area contributed by atoms with Crippen LogP contribution in [0.1, 0.15) is 42.1 Å². The number of rotatable bonds is 4. The molecule has 5 rings (SSSR count). The van der Waals surface area contributed by atoms with E-state index in [1.807, 2.05) is 30.3 Å². The highest BCUT2D eigenvalue weighted by Crippen LogP contribution is 2.42. The predicted octanol–water partition coefficient (Wildman–Crippen LogP) is 3.81. The van der Waals surface area contributed by atoms with Crippen molar-refractivity contribution in [3.05, 3.63) is 89.2 Å². The number of ether oxygens (including phenoxy) is 2. The van der Waals surface area contributed by atoms with E-state index in [2.05, 4.69) is 21.2 Å². The third-order valence-corrected chi connectivity index (χ3v) is 5.98. The van der Waals surface area contributed by atoms with Crippen LogP contribution in [0.2, 0.25) is 0 Å². The number of hydrogen-bond acceptors (Lipinski definition) is 6. The number of carbonyl (C=O) groups excluding carboxylic acids is 2. The maximum atomic E-state index is 14.5. The molecule has 0 fully saturated rings. The Hall–Kier alpha value is -4.40. The summed E-state index contributed by atoms with van der Waals surface area (Å²) in [6.45, 7) is 1.88. The van der Waals surface area contributed by atoms with Gasteiger partial charge in [-0.3, -0.25) is 9.59 Å². The molecule has 0 saturated heterocycles. The minimum Gasteiger partial charge on any atom is -0.454 e. The first kappa shape index (κ1) is 22.4. The highest BCUT2D eigenvalue weighted by atomic mass is 19.1. The number of hydrazone groups is 1. The Bertz CT molecular complexity index is 1310. The van der Waals surface area contributed by atoms with Gasteiger partial charge in [-0.1, -0.05) is 48.5 Å². The van der Waals surface area contributed by atoms with Gasteiger partial charge in [0.05, 0.1) is 17.8 Å². The van der Waals surface area contributed by atoms with Gasteiger partial charge in [0, 0.05) is 29.3 Å². The fourth-order valence-corrected chi connectivity index (χ4v) is 4.15. The molecule has 35 heavy (non-hydrogen) atoms. The normalized spacial score (nSPS) is 17.8. The summed E-state index contributed by atoms with van der Waals surface area (Å²) in [5.74, 6) is -0.960. The van der Waals surface area contributed by atoms with E-state index in [9.17, 15) is 14.0 Å². The topological polar surface area (TPSA) is 101 Å². The van der Waals surface area contributed by atoms with Gasteiger partial charge in [0.2, 0.25) is 6.79 Å². The molecule has 3 aromatic rings. The zero-order valence-electron chi connectivity index (χ0n) is 18.9. The second-order valence-corrected chi connectivity index (χ2v) is 8.28. The molecule has 0 aromatic heterocycles. The van der Waals surface area contributed by atoms with E-state index >= 15 is 0 Å². The van der Waals surface area contributed by atoms with Crippen LogP contribution in [0.3, 0.4) is 0 Å². The molecule has 0 saturated carbocycles. The maximum Gasteiger partial charge on any atom is 0.329 e. The van der Waals surface area contributed by atoms with Crippen molar-refractivity contribution in [2.24, 2.45) is 5.10 Å². The van der Waals surface area contributed by atoms with E-state index < -0.39 is 17.9 Å². The lowest BCUT2D eigenvalue weighted by Gasteiger charge is -2.29. The van der Waals surface area contributed by atoms with Crippen LogP contribution in [0, 0.1) is 5.82 Å². The number of anilines is 1. The third-order valence-electron chi connectivity index (χ3n) is 5.98. The Kier molecular flexibility index (Phi) is 6.05. The van der Waals surface area contributed by atoms with Crippen molar-refractivity contribution in [1.82, 2.24) is 10.7 Å². The van der Waals surface area contributed by atoms with Gasteiger partial charge in [-0.15, -0.1) is 0 Å². The molecule has 2 atom stereocenters. The lowest BCUT2D eigenvalue weighted by atomic mass is 9.91. The largest absolute Gasteiger partial charge is 0.454 e. The van der Waals surface area contributed by atoms with E-state index in [-0.39, 0.29) is 25.1 Å². The van der Waals surface area contributed by atoms with E-state index in [4.69, 9.17) is 9.47 Å². The number of benzene rings is 3. The van der Waals surface area contributed by atoms with E-state index in [1.54, 1.807) is 37.3 Å². The Labute approximate surface area is 201 Å². The summed E-state index contributed by atoms with van der Waals surface area (Å²) in [6, 6.07) is 18.5. The van der Waals surface area contributed by atoms with Gasteiger partial charge in [-0.25, -0.2) is 9.82 Å². The summed E-state index contributed by atoms with van der Waals surface area (Å²) >= 11 is 0. The maximum absolute atomic E-state index is 14.5. The molecule has 178 valence electrons. The van der Waals surface area contributed by atoms with Crippen LogP contribution in [-0.4, -0.2) is 24.3 Å². The van der Waals surface area contributed by atoms with Crippen molar-refractivity contribution in [2.75, 3.05) is 12.1 Å². The second-order valence-electron chi connectivity index (χ2n) is 8.28. The predicted molar refractivity (Wildman–Crippen MR) is 128 cm³/mol. The van der Waals surface area contributed by atoms with Gasteiger partial charge in [-0.2, -0.15) is 5.10 Å². The molecular formula is C26H23FN4O4. The Morgan fingerprint density at radius 2 is 1.74 bits per heavy atom. The molecule has 2 aliphatic rings. The number of fused-ring (bicyclic) bond motifs is 2. The average Bonchev–Trinajstić information content (AvgIpc) is 3.33. The SMILES string of the molecule is CC(NC(=O)C(=O)N/N=C1/C[C@@H](c2ccccc2F)Nc2cc3c(cc21)OCO3)c1ccccc1. The average molecular weight is 474 g/mol. The fraction of sp³-hybridized carbons (Fsp3) is 0.192. The first-order valence-electron chi connectivity index (χ1n) is 11.2. The summed E-state index contributed by atoms with van der Waals surface area (Å²) in [5, 5.41) is 10.2. The number of carbonyl (C=O) groups is 2. The molecule has 0 aliphatic carbocycles. The van der Waals surface area contributed by atoms with Crippen LogP contribution in [-0.2, 0) is 9.59 Å². The number of hydrogen-bond donors (Lipinski definition) is 3. The molecule has 1 unspecified atom stereocenters. The zero-order valence-corrected chi connectivity index (χ0v) is 18.9. The van der Waals surface area contributed by atoms with Gasteiger partial charge >= 0.3 is 11.8 Å². The first-order chi connectivity index (χ1) is 17.0. The van der Waals surface area contributed by atoms with Gasteiger partial charge < -0.3 is 20.1 Å². The van der Waals surface area contributed by atoms with Gasteiger partial charge in [0.25, 0.3) is 0 Å². The standard InChI is InChI=1S/C26H23FN4O4/c1-15(16-7-3-2-4-8-16)28-25(32)26(33)31-30-22-12-20(17-9-5-6-10-19(17)27)29-21-13-24-23(11-18(21)22)34-14-35-24/h2-11,13,15,20,29H,12,14H2,1H3,(H,28,32)(H,31,33)/b30-22-/t15?,20-/m0/s1. The lowest BCUT2D eigenvalue weighted by molar-refractivity contribution is -0.139. The van der Waals surface area contributed by atoms with Crippen LogP contribution < -0.4 is 25.5 Å². The number of nitrogens with zero attached hydrogens (tertiary/aromatic N) is 1. The monoisotopic (exact) mass is 474 g/mol. The van der Waals surface area contributed by atoms with Crippen LogP contribution in [0.15, 0.2) is 71.8 Å². The summed E-state index contributed by atoms with van der Waals surface area (Å²) in [5.41, 5.74) is 5.48. The molecule has 2 aliphatic heterocycles. The summed E-state index contributed by atoms with van der Waals surface area (Å²) in [7, 11) is 0. The Balaban J connectivity index is 1.38. The molecule has 3 N–H and O–H groups in total. The summed E-state index contributed by atoms with van der Waals surface area (Å²) < 4.78 is 25.5. The van der Waals surface area contributed by atoms with Crippen molar-refractivity contribution < 1.29 is 23.5 Å². The second kappa shape index (κ2) is 9.46. The van der Waals surface area contributed by atoms with Crippen LogP contribution >= 0.6 is 0 Å². The van der Waals surface area contributed by atoms with Crippen molar-refractivity contribution in [3.8, 4) is 11.5 Å². The van der Waals surface area contributed by atoms with E-state index in [1.165, 1.54) is 6.07 Å². The molecule has 0 bridgehead atoms. The van der Waals surface area contributed by atoms with Crippen molar-refractivity contribution in [3.63, 3.8) is 0 Å². The van der Waals surface area contributed by atoms with Crippen molar-refractivity contribution >= 4 is 23.2 Å². The Morgan fingerprint density at radius 1 is 1.03 bits per heavy atom. The number of amides is 2. The first-order valence-corrected chi connectivity index (χ1v) is 11.2. The third kappa shape index (κ3) is 4.65. The van der Waals surface area contributed by atoms with E-state index in [0.29, 0.717) is 34.0 Å².